The number of nitrogens with zero attached hydrogens (tertiary/aromatic N) is 2. The Morgan fingerprint density at radius 3 is 2.95 bits per heavy atom. The van der Waals surface area contributed by atoms with Crippen molar-refractivity contribution in [2.75, 3.05) is 6.54 Å². The normalized spacial score (nSPS) is 23.9. The lowest BCUT2D eigenvalue weighted by atomic mass is 9.91. The van der Waals surface area contributed by atoms with Gasteiger partial charge in [-0.3, -0.25) is 4.79 Å². The van der Waals surface area contributed by atoms with Gasteiger partial charge in [0.05, 0.1) is 11.7 Å². The maximum Gasteiger partial charge on any atom is 0.277 e. The van der Waals surface area contributed by atoms with Gasteiger partial charge in [-0.1, -0.05) is 6.92 Å². The molecule has 19 heavy (non-hydrogen) atoms. The van der Waals surface area contributed by atoms with Crippen LogP contribution >= 0.6 is 0 Å². The third-order valence-electron chi connectivity index (χ3n) is 4.21. The predicted octanol–water partition coefficient (Wildman–Crippen LogP) is 1.70. The van der Waals surface area contributed by atoms with Crippen molar-refractivity contribution in [3.63, 3.8) is 0 Å². The van der Waals surface area contributed by atoms with Crippen molar-refractivity contribution >= 4 is 5.65 Å². The summed E-state index contributed by atoms with van der Waals surface area (Å²) >= 11 is 0. The number of aromatic nitrogens is 3. The molecule has 0 aromatic carbocycles. The lowest BCUT2D eigenvalue weighted by Gasteiger charge is -2.28. The highest BCUT2D eigenvalue weighted by Gasteiger charge is 2.25. The Labute approximate surface area is 112 Å². The van der Waals surface area contributed by atoms with E-state index < -0.39 is 0 Å². The minimum atomic E-state index is -0.0269. The zero-order chi connectivity index (χ0) is 13.6. The van der Waals surface area contributed by atoms with Gasteiger partial charge >= 0.3 is 0 Å². The molecule has 3 heterocycles. The van der Waals surface area contributed by atoms with E-state index in [2.05, 4.69) is 22.3 Å². The average Bonchev–Trinajstić information content (AvgIpc) is 2.80. The van der Waals surface area contributed by atoms with Crippen molar-refractivity contribution in [2.45, 2.75) is 39.7 Å². The molecule has 0 amide bonds. The van der Waals surface area contributed by atoms with Crippen LogP contribution in [0.2, 0.25) is 0 Å². The molecule has 1 saturated heterocycles. The maximum absolute atomic E-state index is 12.2. The molecule has 0 bridgehead atoms. The minimum absolute atomic E-state index is 0.0269. The fourth-order valence-electron chi connectivity index (χ4n) is 2.85. The number of H-pyrrole nitrogens is 1. The zero-order valence-electron chi connectivity index (χ0n) is 11.7. The lowest BCUT2D eigenvalue weighted by molar-refractivity contribution is 0.300. The summed E-state index contributed by atoms with van der Waals surface area (Å²) in [5.74, 6) is 0.552. The summed E-state index contributed by atoms with van der Waals surface area (Å²) in [4.78, 5) is 15.4. The summed E-state index contributed by atoms with van der Waals surface area (Å²) in [7, 11) is 0. The smallest absolute Gasteiger partial charge is 0.277 e. The van der Waals surface area contributed by atoms with E-state index in [4.69, 9.17) is 0 Å². The highest BCUT2D eigenvalue weighted by Crippen LogP contribution is 2.28. The molecule has 5 heteroatoms. The van der Waals surface area contributed by atoms with Gasteiger partial charge in [0.1, 0.15) is 5.65 Å². The largest absolute Gasteiger partial charge is 0.343 e. The number of nitrogens with one attached hydrogen (secondary N) is 2. The van der Waals surface area contributed by atoms with E-state index in [1.54, 1.807) is 0 Å². The Morgan fingerprint density at radius 1 is 1.42 bits per heavy atom. The third-order valence-corrected chi connectivity index (χ3v) is 4.21. The number of aromatic amines is 1. The van der Waals surface area contributed by atoms with Gasteiger partial charge in [-0.15, -0.1) is 0 Å². The van der Waals surface area contributed by atoms with Crippen molar-refractivity contribution in [3.05, 3.63) is 33.4 Å². The molecule has 1 aliphatic heterocycles. The van der Waals surface area contributed by atoms with Crippen molar-refractivity contribution in [1.82, 2.24) is 19.9 Å². The standard InChI is InChI=1S/C14H20N4O/c1-8-5-4-6-15-13(8)11-7-12-16-10(3)9(2)14(19)18(12)17-11/h7-8,13,15-16H,4-6H2,1-3H3. The fraction of sp³-hybridized carbons (Fsp3) is 0.571. The van der Waals surface area contributed by atoms with Crippen LogP contribution in [0.15, 0.2) is 10.9 Å². The Kier molecular flexibility index (Phi) is 2.93. The van der Waals surface area contributed by atoms with Gasteiger partial charge < -0.3 is 10.3 Å². The van der Waals surface area contributed by atoms with Gasteiger partial charge in [-0.25, -0.2) is 0 Å². The molecule has 2 N–H and O–H groups in total. The number of aryl methyl sites for hydroxylation is 1. The Morgan fingerprint density at radius 2 is 2.21 bits per heavy atom. The van der Waals surface area contributed by atoms with Crippen LogP contribution in [-0.2, 0) is 0 Å². The lowest BCUT2D eigenvalue weighted by Crippen LogP contribution is -2.33. The first kappa shape index (κ1) is 12.4. The first-order valence-electron chi connectivity index (χ1n) is 6.90. The molecule has 1 aliphatic rings. The van der Waals surface area contributed by atoms with Gasteiger partial charge in [0.2, 0.25) is 0 Å². The Balaban J connectivity index is 2.11. The highest BCUT2D eigenvalue weighted by molar-refractivity contribution is 5.42. The summed E-state index contributed by atoms with van der Waals surface area (Å²) in [5, 5.41) is 8.00. The van der Waals surface area contributed by atoms with Crippen LogP contribution in [-0.4, -0.2) is 21.1 Å². The van der Waals surface area contributed by atoms with E-state index in [0.29, 0.717) is 5.92 Å². The Hall–Kier alpha value is -1.62. The zero-order valence-corrected chi connectivity index (χ0v) is 11.7. The molecule has 1 fully saturated rings. The molecule has 0 aliphatic carbocycles. The van der Waals surface area contributed by atoms with Crippen LogP contribution < -0.4 is 10.9 Å². The van der Waals surface area contributed by atoms with E-state index in [9.17, 15) is 4.79 Å². The minimum Gasteiger partial charge on any atom is -0.343 e. The first-order chi connectivity index (χ1) is 9.08. The van der Waals surface area contributed by atoms with Crippen molar-refractivity contribution in [1.29, 1.82) is 0 Å². The van der Waals surface area contributed by atoms with Crippen molar-refractivity contribution < 1.29 is 0 Å². The summed E-state index contributed by atoms with van der Waals surface area (Å²) < 4.78 is 1.49. The van der Waals surface area contributed by atoms with Crippen molar-refractivity contribution in [3.8, 4) is 0 Å². The molecule has 2 unspecified atom stereocenters. The van der Waals surface area contributed by atoms with Gasteiger partial charge in [0.15, 0.2) is 0 Å². The monoisotopic (exact) mass is 260 g/mol. The van der Waals surface area contributed by atoms with Gasteiger partial charge in [-0.05, 0) is 39.2 Å². The number of rotatable bonds is 1. The van der Waals surface area contributed by atoms with Gasteiger partial charge in [-0.2, -0.15) is 9.61 Å². The van der Waals surface area contributed by atoms with Crippen molar-refractivity contribution in [2.24, 2.45) is 5.92 Å². The van der Waals surface area contributed by atoms with Gasteiger partial charge in [0.25, 0.3) is 5.56 Å². The molecular weight excluding hydrogens is 240 g/mol. The van der Waals surface area contributed by atoms with Crippen LogP contribution in [0, 0.1) is 19.8 Å². The first-order valence-corrected chi connectivity index (χ1v) is 6.90. The fourth-order valence-corrected chi connectivity index (χ4v) is 2.85. The molecule has 0 radical (unpaired) electrons. The molecule has 5 nitrogen and oxygen atoms in total. The molecule has 0 spiro atoms. The third kappa shape index (κ3) is 1.98. The SMILES string of the molecule is Cc1[nH]c2cc(C3NCCCC3C)nn2c(=O)c1C. The van der Waals surface area contributed by atoms with E-state index >= 15 is 0 Å². The molecule has 2 atom stereocenters. The van der Waals surface area contributed by atoms with Crippen LogP contribution in [0.1, 0.15) is 42.8 Å². The molecule has 2 aromatic rings. The summed E-state index contributed by atoms with van der Waals surface area (Å²) in [6.07, 6.45) is 2.42. The average molecular weight is 260 g/mol. The number of piperidine rings is 1. The molecule has 0 saturated carbocycles. The van der Waals surface area contributed by atoms with Gasteiger partial charge in [0, 0.05) is 17.3 Å². The second-order valence-electron chi connectivity index (χ2n) is 5.60. The number of hydrogen-bond acceptors (Lipinski definition) is 3. The quantitative estimate of drug-likeness (QED) is 0.820. The molecule has 102 valence electrons. The van der Waals surface area contributed by atoms with E-state index in [-0.39, 0.29) is 11.6 Å². The predicted molar refractivity (Wildman–Crippen MR) is 74.4 cm³/mol. The molecular formula is C14H20N4O. The number of hydrogen-bond donors (Lipinski definition) is 2. The summed E-state index contributed by atoms with van der Waals surface area (Å²) in [5.41, 5.74) is 3.36. The van der Waals surface area contributed by atoms with Crippen LogP contribution in [0.5, 0.6) is 0 Å². The maximum atomic E-state index is 12.2. The number of fused-ring (bicyclic) bond motifs is 1. The van der Waals surface area contributed by atoms with E-state index in [1.807, 2.05) is 19.9 Å². The second kappa shape index (κ2) is 4.49. The molecule has 2 aromatic heterocycles. The van der Waals surface area contributed by atoms with Crippen LogP contribution in [0.4, 0.5) is 0 Å². The highest BCUT2D eigenvalue weighted by atomic mass is 16.1. The van der Waals surface area contributed by atoms with Crippen LogP contribution in [0.25, 0.3) is 5.65 Å². The summed E-state index contributed by atoms with van der Waals surface area (Å²) in [6.45, 7) is 7.01. The molecule has 3 rings (SSSR count). The summed E-state index contributed by atoms with van der Waals surface area (Å²) in [6, 6.07) is 2.25. The Bertz CT molecular complexity index is 670. The van der Waals surface area contributed by atoms with E-state index in [0.717, 1.165) is 29.1 Å². The second-order valence-corrected chi connectivity index (χ2v) is 5.60. The van der Waals surface area contributed by atoms with E-state index in [1.165, 1.54) is 17.4 Å². The van der Waals surface area contributed by atoms with Crippen LogP contribution in [0.3, 0.4) is 0 Å². The topological polar surface area (TPSA) is 62.2 Å².